The third-order valence-corrected chi connectivity index (χ3v) is 4.47. The van der Waals surface area contributed by atoms with Gasteiger partial charge in [0.15, 0.2) is 0 Å². The maximum Gasteiger partial charge on any atom is 0.0782 e. The highest BCUT2D eigenvalue weighted by Gasteiger charge is 2.31. The van der Waals surface area contributed by atoms with Crippen molar-refractivity contribution in [1.29, 1.82) is 0 Å². The van der Waals surface area contributed by atoms with E-state index < -0.39 is 6.10 Å². The fraction of sp³-hybridized carbons (Fsp3) is 0.600. The zero-order chi connectivity index (χ0) is 13.3. The Morgan fingerprint density at radius 3 is 2.78 bits per heavy atom. The number of hydrogen-bond acceptors (Lipinski definition) is 2. The summed E-state index contributed by atoms with van der Waals surface area (Å²) in [5.74, 6) is 0. The van der Waals surface area contributed by atoms with Crippen molar-refractivity contribution in [2.75, 3.05) is 4.90 Å². The molecule has 2 rings (SSSR count). The molecule has 0 aliphatic carbocycles. The lowest BCUT2D eigenvalue weighted by atomic mass is 10.1. The topological polar surface area (TPSA) is 23.5 Å². The van der Waals surface area contributed by atoms with E-state index in [0.29, 0.717) is 12.1 Å². The molecule has 0 aromatic heterocycles. The van der Waals surface area contributed by atoms with Crippen molar-refractivity contribution in [3.63, 3.8) is 0 Å². The van der Waals surface area contributed by atoms with Crippen LogP contribution in [0.15, 0.2) is 22.7 Å². The van der Waals surface area contributed by atoms with Crippen LogP contribution in [-0.2, 0) is 0 Å². The van der Waals surface area contributed by atoms with Crippen molar-refractivity contribution >= 4 is 21.6 Å². The predicted octanol–water partition coefficient (Wildman–Crippen LogP) is 4.27. The fourth-order valence-corrected chi connectivity index (χ4v) is 3.35. The smallest absolute Gasteiger partial charge is 0.0782 e. The molecule has 1 aromatic carbocycles. The maximum atomic E-state index is 9.96. The third kappa shape index (κ3) is 2.57. The van der Waals surface area contributed by atoms with Gasteiger partial charge in [-0.05, 0) is 45.2 Å². The molecule has 1 fully saturated rings. The van der Waals surface area contributed by atoms with Gasteiger partial charge in [-0.1, -0.05) is 28.9 Å². The molecule has 3 unspecified atom stereocenters. The minimum absolute atomic E-state index is 0.418. The van der Waals surface area contributed by atoms with Crippen LogP contribution in [0, 0.1) is 0 Å². The first-order chi connectivity index (χ1) is 8.54. The van der Waals surface area contributed by atoms with Crippen molar-refractivity contribution < 1.29 is 5.11 Å². The average molecular weight is 312 g/mol. The van der Waals surface area contributed by atoms with E-state index in [2.05, 4.69) is 40.7 Å². The van der Waals surface area contributed by atoms with Crippen molar-refractivity contribution in [3.8, 4) is 0 Å². The van der Waals surface area contributed by atoms with E-state index in [4.69, 9.17) is 0 Å². The predicted molar refractivity (Wildman–Crippen MR) is 80.0 cm³/mol. The Morgan fingerprint density at radius 2 is 2.17 bits per heavy atom. The van der Waals surface area contributed by atoms with Crippen molar-refractivity contribution in [2.45, 2.75) is 58.2 Å². The molecule has 3 atom stereocenters. The molecule has 0 spiro atoms. The van der Waals surface area contributed by atoms with E-state index in [1.54, 1.807) is 0 Å². The summed E-state index contributed by atoms with van der Waals surface area (Å²) in [6.45, 7) is 6.37. The Hall–Kier alpha value is -0.540. The Kier molecular flexibility index (Phi) is 4.33. The molecule has 1 heterocycles. The first kappa shape index (κ1) is 13.9. The van der Waals surface area contributed by atoms with Gasteiger partial charge in [0.2, 0.25) is 0 Å². The fourth-order valence-electron chi connectivity index (χ4n) is 3.00. The minimum atomic E-state index is -0.418. The molecule has 0 saturated carbocycles. The highest BCUT2D eigenvalue weighted by molar-refractivity contribution is 9.10. The van der Waals surface area contributed by atoms with Gasteiger partial charge >= 0.3 is 0 Å². The molecule has 18 heavy (non-hydrogen) atoms. The number of halogens is 1. The molecule has 1 saturated heterocycles. The minimum Gasteiger partial charge on any atom is -0.389 e. The molecular weight excluding hydrogens is 290 g/mol. The molecule has 1 aliphatic rings. The quantitative estimate of drug-likeness (QED) is 0.901. The summed E-state index contributed by atoms with van der Waals surface area (Å²) < 4.78 is 1.08. The number of anilines is 1. The van der Waals surface area contributed by atoms with E-state index in [0.717, 1.165) is 16.5 Å². The van der Waals surface area contributed by atoms with E-state index >= 15 is 0 Å². The van der Waals surface area contributed by atoms with Crippen molar-refractivity contribution in [3.05, 3.63) is 28.2 Å². The molecule has 0 amide bonds. The summed E-state index contributed by atoms with van der Waals surface area (Å²) in [5.41, 5.74) is 2.22. The Balaban J connectivity index is 2.44. The van der Waals surface area contributed by atoms with Crippen LogP contribution in [0.2, 0.25) is 0 Å². The lowest BCUT2D eigenvalue weighted by molar-refractivity contribution is 0.199. The zero-order valence-electron chi connectivity index (χ0n) is 11.4. The summed E-state index contributed by atoms with van der Waals surface area (Å²) in [6.07, 6.45) is 3.24. The van der Waals surface area contributed by atoms with Gasteiger partial charge in [0.25, 0.3) is 0 Å². The Morgan fingerprint density at radius 1 is 1.44 bits per heavy atom. The van der Waals surface area contributed by atoms with Crippen LogP contribution in [0.5, 0.6) is 0 Å². The van der Waals surface area contributed by atoms with Crippen LogP contribution in [0.1, 0.15) is 51.7 Å². The van der Waals surface area contributed by atoms with Crippen LogP contribution < -0.4 is 4.90 Å². The van der Waals surface area contributed by atoms with E-state index in [1.807, 2.05) is 19.1 Å². The second kappa shape index (κ2) is 5.62. The van der Waals surface area contributed by atoms with Crippen molar-refractivity contribution in [2.24, 2.45) is 0 Å². The zero-order valence-corrected chi connectivity index (χ0v) is 12.9. The molecular formula is C15H22BrNO. The summed E-state index contributed by atoms with van der Waals surface area (Å²) in [6, 6.07) is 7.34. The number of benzene rings is 1. The molecule has 1 aromatic rings. The molecule has 0 bridgehead atoms. The maximum absolute atomic E-state index is 9.96. The molecule has 100 valence electrons. The molecule has 0 radical (unpaired) electrons. The highest BCUT2D eigenvalue weighted by Crippen LogP contribution is 2.37. The molecule has 1 N–H and O–H groups in total. The Bertz CT molecular complexity index is 419. The van der Waals surface area contributed by atoms with Crippen LogP contribution >= 0.6 is 15.9 Å². The number of hydrogen-bond donors (Lipinski definition) is 1. The molecule has 2 nitrogen and oxygen atoms in total. The first-order valence-electron chi connectivity index (χ1n) is 6.80. The lowest BCUT2D eigenvalue weighted by Gasteiger charge is -2.33. The monoisotopic (exact) mass is 311 g/mol. The van der Waals surface area contributed by atoms with Crippen molar-refractivity contribution in [1.82, 2.24) is 0 Å². The van der Waals surface area contributed by atoms with Crippen LogP contribution in [0.3, 0.4) is 0 Å². The van der Waals surface area contributed by atoms with Crippen LogP contribution in [-0.4, -0.2) is 17.2 Å². The van der Waals surface area contributed by atoms with Gasteiger partial charge in [0.1, 0.15) is 0 Å². The first-order valence-corrected chi connectivity index (χ1v) is 7.59. The van der Waals surface area contributed by atoms with Gasteiger partial charge in [-0.3, -0.25) is 0 Å². The van der Waals surface area contributed by atoms with Gasteiger partial charge < -0.3 is 10.0 Å². The summed E-state index contributed by atoms with van der Waals surface area (Å²) >= 11 is 3.55. The second-order valence-corrected chi connectivity index (χ2v) is 6.19. The number of aliphatic hydroxyl groups is 1. The number of rotatable bonds is 3. The Labute approximate surface area is 118 Å². The summed E-state index contributed by atoms with van der Waals surface area (Å²) in [4.78, 5) is 2.49. The number of aliphatic hydroxyl groups excluding tert-OH is 1. The van der Waals surface area contributed by atoms with Crippen LogP contribution in [0.25, 0.3) is 0 Å². The normalized spacial score (nSPS) is 25.5. The van der Waals surface area contributed by atoms with Gasteiger partial charge in [-0.2, -0.15) is 0 Å². The largest absolute Gasteiger partial charge is 0.389 e. The van der Waals surface area contributed by atoms with E-state index in [9.17, 15) is 5.11 Å². The lowest BCUT2D eigenvalue weighted by Crippen LogP contribution is -2.35. The third-order valence-electron chi connectivity index (χ3n) is 3.98. The molecule has 3 heteroatoms. The molecule has 1 aliphatic heterocycles. The number of nitrogens with zero attached hydrogens (tertiary/aromatic N) is 1. The summed E-state index contributed by atoms with van der Waals surface area (Å²) in [5, 5.41) is 9.96. The van der Waals surface area contributed by atoms with E-state index in [1.165, 1.54) is 18.5 Å². The van der Waals surface area contributed by atoms with Gasteiger partial charge in [-0.15, -0.1) is 0 Å². The van der Waals surface area contributed by atoms with Gasteiger partial charge in [0.05, 0.1) is 6.10 Å². The SMILES string of the molecule is CCC1CCC(C)N1c1cc(Br)ccc1C(C)O. The van der Waals surface area contributed by atoms with E-state index in [-0.39, 0.29) is 0 Å². The van der Waals surface area contributed by atoms with Gasteiger partial charge in [-0.25, -0.2) is 0 Å². The van der Waals surface area contributed by atoms with Crippen LogP contribution in [0.4, 0.5) is 5.69 Å². The van der Waals surface area contributed by atoms with Gasteiger partial charge in [0, 0.05) is 27.8 Å². The second-order valence-electron chi connectivity index (χ2n) is 5.27. The highest BCUT2D eigenvalue weighted by atomic mass is 79.9. The standard InChI is InChI=1S/C15H22BrNO/c1-4-13-7-5-10(2)17(13)15-9-12(16)6-8-14(15)11(3)18/h6,8-11,13,18H,4-5,7H2,1-3H3. The summed E-state index contributed by atoms with van der Waals surface area (Å²) in [7, 11) is 0. The average Bonchev–Trinajstić information content (AvgIpc) is 2.69.